The molecule has 2 bridgehead atoms. The van der Waals surface area contributed by atoms with Gasteiger partial charge >= 0.3 is 0 Å². The van der Waals surface area contributed by atoms with E-state index in [0.717, 1.165) is 23.2 Å². The third-order valence-electron chi connectivity index (χ3n) is 7.80. The molecule has 3 saturated heterocycles. The average molecular weight is 494 g/mol. The summed E-state index contributed by atoms with van der Waals surface area (Å²) in [6.07, 6.45) is 1.46. The van der Waals surface area contributed by atoms with E-state index in [1.807, 2.05) is 62.4 Å². The van der Waals surface area contributed by atoms with Crippen LogP contribution in [0.1, 0.15) is 30.9 Å². The first-order valence-electron chi connectivity index (χ1n) is 12.1. The van der Waals surface area contributed by atoms with Crippen molar-refractivity contribution in [3.63, 3.8) is 0 Å². The number of rotatable bonds is 6. The maximum absolute atomic E-state index is 13.9. The summed E-state index contributed by atoms with van der Waals surface area (Å²) >= 11 is 1.62. The first-order chi connectivity index (χ1) is 16.8. The molecular weight excluding hydrogens is 462 g/mol. The normalized spacial score (nSPS) is 29.7. The molecule has 184 valence electrons. The van der Waals surface area contributed by atoms with Crippen LogP contribution in [0.25, 0.3) is 0 Å². The molecule has 35 heavy (non-hydrogen) atoms. The molecule has 8 heteroatoms. The maximum Gasteiger partial charge on any atom is 0.248 e. The number of fused-ring (bicyclic) bond motifs is 1. The van der Waals surface area contributed by atoms with Gasteiger partial charge in [-0.05, 0) is 56.9 Å². The number of carbonyl (C=O) groups is 3. The first kappa shape index (κ1) is 23.9. The van der Waals surface area contributed by atoms with Crippen LogP contribution in [0.4, 0.5) is 11.4 Å². The number of amides is 3. The molecule has 2 unspecified atom stereocenters. The van der Waals surface area contributed by atoms with Gasteiger partial charge in [0.15, 0.2) is 0 Å². The zero-order valence-electron chi connectivity index (χ0n) is 20.2. The number of aliphatic hydroxyl groups excluding tert-OH is 1. The van der Waals surface area contributed by atoms with Gasteiger partial charge in [-0.15, -0.1) is 11.8 Å². The molecule has 0 radical (unpaired) electrons. The predicted octanol–water partition coefficient (Wildman–Crippen LogP) is 3.35. The van der Waals surface area contributed by atoms with Gasteiger partial charge in [0.25, 0.3) is 0 Å². The number of para-hydroxylation sites is 2. The van der Waals surface area contributed by atoms with Gasteiger partial charge in [0, 0.05) is 16.6 Å². The first-order valence-corrected chi connectivity index (χ1v) is 13.0. The second-order valence-electron chi connectivity index (χ2n) is 9.94. The number of nitrogens with one attached hydrogen (secondary N) is 2. The Bertz CT molecular complexity index is 1150. The van der Waals surface area contributed by atoms with Crippen LogP contribution in [-0.4, -0.2) is 56.4 Å². The highest BCUT2D eigenvalue weighted by Gasteiger charge is 2.74. The average Bonchev–Trinajstić information content (AvgIpc) is 3.49. The Morgan fingerprint density at radius 2 is 1.77 bits per heavy atom. The van der Waals surface area contributed by atoms with Crippen molar-refractivity contribution in [3.05, 3.63) is 59.7 Å². The summed E-state index contributed by atoms with van der Waals surface area (Å²) in [4.78, 5) is 42.8. The number of benzene rings is 2. The minimum Gasteiger partial charge on any atom is -0.394 e. The topological polar surface area (TPSA) is 98.7 Å². The van der Waals surface area contributed by atoms with Crippen molar-refractivity contribution in [1.29, 1.82) is 0 Å². The van der Waals surface area contributed by atoms with Crippen LogP contribution < -0.4 is 10.6 Å². The number of anilines is 2. The van der Waals surface area contributed by atoms with E-state index in [9.17, 15) is 19.5 Å². The summed E-state index contributed by atoms with van der Waals surface area (Å²) in [7, 11) is 0. The largest absolute Gasteiger partial charge is 0.394 e. The van der Waals surface area contributed by atoms with Gasteiger partial charge < -0.3 is 20.6 Å². The number of aliphatic hydroxyl groups is 1. The van der Waals surface area contributed by atoms with Gasteiger partial charge in [0.05, 0.1) is 29.2 Å². The van der Waals surface area contributed by atoms with Crippen molar-refractivity contribution in [2.24, 2.45) is 11.8 Å². The highest BCUT2D eigenvalue weighted by molar-refractivity contribution is 8.02. The van der Waals surface area contributed by atoms with Gasteiger partial charge in [-0.2, -0.15) is 0 Å². The fourth-order valence-electron chi connectivity index (χ4n) is 6.20. The Morgan fingerprint density at radius 3 is 2.43 bits per heavy atom. The van der Waals surface area contributed by atoms with Crippen molar-refractivity contribution in [2.75, 3.05) is 17.2 Å². The van der Waals surface area contributed by atoms with E-state index in [0.29, 0.717) is 12.1 Å². The summed E-state index contributed by atoms with van der Waals surface area (Å²) < 4.78 is -0.690. The second kappa shape index (κ2) is 8.99. The van der Waals surface area contributed by atoms with Crippen molar-refractivity contribution in [2.45, 2.75) is 55.7 Å². The van der Waals surface area contributed by atoms with Crippen LogP contribution in [-0.2, 0) is 14.4 Å². The van der Waals surface area contributed by atoms with Crippen molar-refractivity contribution in [3.8, 4) is 0 Å². The Kier molecular flexibility index (Phi) is 6.13. The summed E-state index contributed by atoms with van der Waals surface area (Å²) in [6, 6.07) is 13.8. The maximum atomic E-state index is 13.9. The molecule has 3 aliphatic heterocycles. The predicted molar refractivity (Wildman–Crippen MR) is 137 cm³/mol. The second-order valence-corrected chi connectivity index (χ2v) is 11.5. The van der Waals surface area contributed by atoms with Gasteiger partial charge in [0.1, 0.15) is 6.04 Å². The van der Waals surface area contributed by atoms with Crippen molar-refractivity contribution in [1.82, 2.24) is 4.90 Å². The monoisotopic (exact) mass is 493 g/mol. The van der Waals surface area contributed by atoms with E-state index in [2.05, 4.69) is 10.6 Å². The Labute approximate surface area is 209 Å². The molecule has 0 aliphatic carbocycles. The summed E-state index contributed by atoms with van der Waals surface area (Å²) in [6.45, 7) is 5.39. The molecule has 2 aromatic rings. The molecule has 3 aliphatic rings. The van der Waals surface area contributed by atoms with Crippen LogP contribution in [0.3, 0.4) is 0 Å². The van der Waals surface area contributed by atoms with Crippen LogP contribution >= 0.6 is 11.8 Å². The molecule has 3 heterocycles. The third-order valence-corrected chi connectivity index (χ3v) is 9.75. The Morgan fingerprint density at radius 1 is 1.09 bits per heavy atom. The van der Waals surface area contributed by atoms with Gasteiger partial charge in [-0.25, -0.2) is 0 Å². The molecule has 0 aromatic heterocycles. The number of hydrogen-bond donors (Lipinski definition) is 3. The number of carbonyl (C=O) groups excluding carboxylic acids is 3. The van der Waals surface area contributed by atoms with Crippen LogP contribution in [0.2, 0.25) is 0 Å². The van der Waals surface area contributed by atoms with Gasteiger partial charge in [0.2, 0.25) is 17.7 Å². The molecule has 5 rings (SSSR count). The quantitative estimate of drug-likeness (QED) is 0.573. The zero-order chi connectivity index (χ0) is 24.9. The van der Waals surface area contributed by atoms with Crippen LogP contribution in [0, 0.1) is 25.7 Å². The number of thioether (sulfide) groups is 1. The lowest BCUT2D eigenvalue weighted by molar-refractivity contribution is -0.140. The highest BCUT2D eigenvalue weighted by Crippen LogP contribution is 2.66. The zero-order valence-corrected chi connectivity index (χ0v) is 21.0. The van der Waals surface area contributed by atoms with E-state index >= 15 is 0 Å². The summed E-state index contributed by atoms with van der Waals surface area (Å²) in [5.74, 6) is -1.77. The van der Waals surface area contributed by atoms with Crippen LogP contribution in [0.5, 0.6) is 0 Å². The fourth-order valence-corrected chi connectivity index (χ4v) is 8.41. The molecule has 1 spiro atoms. The van der Waals surface area contributed by atoms with E-state index in [-0.39, 0.29) is 29.6 Å². The number of aryl methyl sites for hydroxylation is 2. The molecule has 6 atom stereocenters. The SMILES string of the molecule is Cc1cccc(C)c1NC(=O)C1N([C@H](C)CO)C(=O)[C@@H]2[C@H](C(=O)Nc3ccccc3)[C@@H]3CCC12S3. The van der Waals surface area contributed by atoms with E-state index in [1.165, 1.54) is 0 Å². The van der Waals surface area contributed by atoms with Crippen molar-refractivity contribution >= 4 is 40.9 Å². The molecule has 3 fully saturated rings. The lowest BCUT2D eigenvalue weighted by atomic mass is 9.70. The Hall–Kier alpha value is -2.84. The fraction of sp³-hybridized carbons (Fsp3) is 0.444. The van der Waals surface area contributed by atoms with E-state index in [1.54, 1.807) is 23.6 Å². The highest BCUT2D eigenvalue weighted by atomic mass is 32.2. The lowest BCUT2D eigenvalue weighted by Crippen LogP contribution is -2.54. The smallest absolute Gasteiger partial charge is 0.248 e. The van der Waals surface area contributed by atoms with Crippen LogP contribution in [0.15, 0.2) is 48.5 Å². The number of hydrogen-bond acceptors (Lipinski definition) is 5. The minimum atomic E-state index is -0.759. The van der Waals surface area contributed by atoms with Gasteiger partial charge in [-0.1, -0.05) is 36.4 Å². The molecule has 3 amide bonds. The summed E-state index contributed by atoms with van der Waals surface area (Å²) in [5.41, 5.74) is 3.33. The third kappa shape index (κ3) is 3.74. The summed E-state index contributed by atoms with van der Waals surface area (Å²) in [5, 5.41) is 16.0. The molecular formula is C27H31N3O4S. The number of likely N-dealkylation sites (tertiary alicyclic amines) is 1. The number of nitrogens with zero attached hydrogens (tertiary/aromatic N) is 1. The van der Waals surface area contributed by atoms with E-state index in [4.69, 9.17) is 0 Å². The van der Waals surface area contributed by atoms with Gasteiger partial charge in [-0.3, -0.25) is 14.4 Å². The molecule has 2 aromatic carbocycles. The molecule has 7 nitrogen and oxygen atoms in total. The Balaban J connectivity index is 1.50. The van der Waals surface area contributed by atoms with Crippen molar-refractivity contribution < 1.29 is 19.5 Å². The standard InChI is InChI=1S/C27H31N3O4S/c1-15-8-7-9-16(2)22(15)29-25(33)23-27-13-12-19(35-27)20(21(27)26(34)30(23)17(3)14-31)24(32)28-18-10-5-4-6-11-18/h4-11,17,19-21,23,31H,12-14H2,1-3H3,(H,28,32)(H,29,33)/t17-,19+,20-,21+,23?,27?/m1/s1. The molecule has 3 N–H and O–H groups in total. The minimum absolute atomic E-state index is 0.0188. The van der Waals surface area contributed by atoms with E-state index < -0.39 is 28.7 Å². The lowest BCUT2D eigenvalue weighted by Gasteiger charge is -2.36. The molecule has 0 saturated carbocycles.